The lowest BCUT2D eigenvalue weighted by Gasteiger charge is -2.32. The van der Waals surface area contributed by atoms with Gasteiger partial charge in [-0.05, 0) is 98.0 Å². The van der Waals surface area contributed by atoms with Crippen LogP contribution in [0.4, 0.5) is 34.1 Å². The molecule has 10 rings (SSSR count). The Balaban J connectivity index is 0.000000203. The fourth-order valence-electron chi connectivity index (χ4n) is 9.96. The fourth-order valence-corrected chi connectivity index (χ4v) is 9.96. The molecule has 0 unspecified atom stereocenters. The monoisotopic (exact) mass is 1190 g/mol. The van der Waals surface area contributed by atoms with Crippen LogP contribution in [0.2, 0.25) is 0 Å². The highest BCUT2D eigenvalue weighted by atomic mass is 16.5. The van der Waals surface area contributed by atoms with Crippen molar-refractivity contribution >= 4 is 104 Å². The van der Waals surface area contributed by atoms with Crippen molar-refractivity contribution in [1.82, 2.24) is 19.6 Å². The van der Waals surface area contributed by atoms with E-state index in [0.29, 0.717) is 81.4 Å². The Kier molecular flexibility index (Phi) is 21.5. The summed E-state index contributed by atoms with van der Waals surface area (Å²) in [6.45, 7) is 8.18. The Morgan fingerprint density at radius 3 is 1.15 bits per heavy atom. The van der Waals surface area contributed by atoms with Crippen LogP contribution in [0.3, 0.4) is 0 Å². The number of hydrogen-bond donors (Lipinski definition) is 6. The molecule has 0 aromatic heterocycles. The molecule has 4 aliphatic heterocycles. The maximum absolute atomic E-state index is 13.2. The van der Waals surface area contributed by atoms with Crippen molar-refractivity contribution in [2.75, 3.05) is 139 Å². The van der Waals surface area contributed by atoms with Crippen LogP contribution in [0.1, 0.15) is 43.0 Å². The molecule has 22 nitrogen and oxygen atoms in total. The molecule has 22 heteroatoms. The third kappa shape index (κ3) is 16.4. The van der Waals surface area contributed by atoms with Crippen LogP contribution in [0, 0.1) is 0 Å². The van der Waals surface area contributed by atoms with E-state index in [-0.39, 0.29) is 23.6 Å². The number of rotatable bonds is 16. The number of ether oxygens (including phenoxy) is 2. The van der Waals surface area contributed by atoms with Gasteiger partial charge in [-0.25, -0.2) is 19.2 Å². The number of benzene rings is 6. The van der Waals surface area contributed by atoms with Gasteiger partial charge >= 0.3 is 23.9 Å². The molecule has 0 spiro atoms. The van der Waals surface area contributed by atoms with Crippen molar-refractivity contribution in [2.45, 2.75) is 0 Å². The lowest BCUT2D eigenvalue weighted by molar-refractivity contribution is -0.134. The summed E-state index contributed by atoms with van der Waals surface area (Å²) in [7, 11) is 10.4. The highest BCUT2D eigenvalue weighted by Gasteiger charge is 2.32. The van der Waals surface area contributed by atoms with Crippen molar-refractivity contribution in [3.63, 3.8) is 0 Å². The summed E-state index contributed by atoms with van der Waals surface area (Å²) in [6, 6.07) is 44.4. The van der Waals surface area contributed by atoms with Gasteiger partial charge in [0.1, 0.15) is 0 Å². The molecule has 2 fully saturated rings. The molecule has 456 valence electrons. The number of likely N-dealkylation sites (N-methyl/N-ethyl adjacent to an activating group) is 4. The number of anilines is 6. The SMILES string of the molecule is COC(=O)c1ccc2c(c1)NC(=O)/C2=C(\Nc1ccc(N(C)C(=O)CN2CCN(C)CC2)cc1)c1ccccc1.COC(=O)c1ccc2c(c1)NC(=O)/C2=C(\Nc1ccc(N(C)C(=O)CN2CCN(C)CC2)cc1)c1ccccc1.O=C(O)/C=C/C(=O)O. The first kappa shape index (κ1) is 63.8. The summed E-state index contributed by atoms with van der Waals surface area (Å²) in [6.07, 6.45) is 1.12. The van der Waals surface area contributed by atoms with Gasteiger partial charge in [-0.3, -0.25) is 29.0 Å². The van der Waals surface area contributed by atoms with Crippen molar-refractivity contribution in [3.05, 3.63) is 191 Å². The Hall–Kier alpha value is -10.3. The number of hydrogen-bond acceptors (Lipinski definition) is 16. The highest BCUT2D eigenvalue weighted by molar-refractivity contribution is 6.38. The number of piperazine rings is 2. The molecule has 0 bridgehead atoms. The number of nitrogens with one attached hydrogen (secondary N) is 4. The molecule has 6 aromatic rings. The Morgan fingerprint density at radius 1 is 0.489 bits per heavy atom. The molecule has 2 saturated heterocycles. The van der Waals surface area contributed by atoms with Gasteiger partial charge in [-0.1, -0.05) is 72.8 Å². The first-order chi connectivity index (χ1) is 42.3. The summed E-state index contributed by atoms with van der Waals surface area (Å²) in [4.78, 5) is 108. The number of nitrogens with zero attached hydrogens (tertiary/aromatic N) is 6. The first-order valence-corrected chi connectivity index (χ1v) is 28.2. The normalized spacial score (nSPS) is 16.0. The van der Waals surface area contributed by atoms with Crippen LogP contribution < -0.4 is 31.1 Å². The van der Waals surface area contributed by atoms with E-state index in [9.17, 15) is 38.4 Å². The van der Waals surface area contributed by atoms with E-state index in [1.54, 1.807) is 60.3 Å². The van der Waals surface area contributed by atoms with Crippen molar-refractivity contribution in [1.29, 1.82) is 0 Å². The van der Waals surface area contributed by atoms with Crippen LogP contribution in [0.15, 0.2) is 158 Å². The molecule has 6 N–H and O–H groups in total. The largest absolute Gasteiger partial charge is 0.478 e. The van der Waals surface area contributed by atoms with Gasteiger partial charge in [-0.15, -0.1) is 0 Å². The lowest BCUT2D eigenvalue weighted by Crippen LogP contribution is -2.48. The molecule has 4 amide bonds. The highest BCUT2D eigenvalue weighted by Crippen LogP contribution is 2.40. The number of carbonyl (C=O) groups excluding carboxylic acids is 6. The summed E-state index contributed by atoms with van der Waals surface area (Å²) < 4.78 is 9.65. The number of fused-ring (bicyclic) bond motifs is 2. The van der Waals surface area contributed by atoms with Gasteiger partial charge in [0.15, 0.2) is 0 Å². The second kappa shape index (κ2) is 29.7. The molecule has 4 heterocycles. The number of methoxy groups -OCH3 is 2. The Labute approximate surface area is 509 Å². The predicted octanol–water partition coefficient (Wildman–Crippen LogP) is 6.94. The maximum Gasteiger partial charge on any atom is 0.337 e. The van der Waals surface area contributed by atoms with E-state index in [2.05, 4.69) is 55.0 Å². The van der Waals surface area contributed by atoms with Crippen molar-refractivity contribution in [3.8, 4) is 0 Å². The molecule has 0 saturated carbocycles. The molecule has 0 radical (unpaired) electrons. The van der Waals surface area contributed by atoms with Crippen LogP contribution in [-0.2, 0) is 38.2 Å². The zero-order valence-electron chi connectivity index (χ0n) is 49.7. The van der Waals surface area contributed by atoms with E-state index in [1.807, 2.05) is 109 Å². The smallest absolute Gasteiger partial charge is 0.337 e. The zero-order valence-corrected chi connectivity index (χ0v) is 49.7. The van der Waals surface area contributed by atoms with Crippen LogP contribution in [0.5, 0.6) is 0 Å². The lowest BCUT2D eigenvalue weighted by atomic mass is 9.99. The van der Waals surface area contributed by atoms with Crippen molar-refractivity contribution < 1.29 is 58.0 Å². The van der Waals surface area contributed by atoms with Gasteiger partial charge in [0.25, 0.3) is 11.8 Å². The average molecular weight is 1200 g/mol. The first-order valence-electron chi connectivity index (χ1n) is 28.2. The van der Waals surface area contributed by atoms with Gasteiger partial charge in [0.2, 0.25) is 11.8 Å². The predicted molar refractivity (Wildman–Crippen MR) is 339 cm³/mol. The van der Waals surface area contributed by atoms with Crippen LogP contribution in [-0.4, -0.2) is 185 Å². The molecular formula is C66H70N10O12. The van der Waals surface area contributed by atoms with E-state index < -0.39 is 23.9 Å². The second-order valence-electron chi connectivity index (χ2n) is 21.1. The molecule has 6 aromatic carbocycles. The van der Waals surface area contributed by atoms with Gasteiger partial charge in [-0.2, -0.15) is 0 Å². The van der Waals surface area contributed by atoms with Gasteiger partial charge in [0, 0.05) is 112 Å². The number of amides is 4. The molecule has 0 atom stereocenters. The second-order valence-corrected chi connectivity index (χ2v) is 21.1. The Bertz CT molecular complexity index is 3410. The minimum absolute atomic E-state index is 0.0444. The third-order valence-electron chi connectivity index (χ3n) is 15.1. The zero-order chi connectivity index (χ0) is 63.0. The summed E-state index contributed by atoms with van der Waals surface area (Å²) in [5.41, 5.74) is 10.2. The molecular weight excluding hydrogens is 1120 g/mol. The van der Waals surface area contributed by atoms with Gasteiger partial charge in [0.05, 0.1) is 72.4 Å². The van der Waals surface area contributed by atoms with Crippen molar-refractivity contribution in [2.24, 2.45) is 0 Å². The summed E-state index contributed by atoms with van der Waals surface area (Å²) in [5, 5.41) is 28.3. The number of esters is 2. The number of carbonyl (C=O) groups is 8. The number of carboxylic acid groups (broad SMARTS) is 2. The summed E-state index contributed by atoms with van der Waals surface area (Å²) >= 11 is 0. The molecule has 88 heavy (non-hydrogen) atoms. The fraction of sp³-hybridized carbons (Fsp3) is 0.242. The minimum atomic E-state index is -1.26. The quantitative estimate of drug-likeness (QED) is 0.0423. The topological polar surface area (TPSA) is 263 Å². The van der Waals surface area contributed by atoms with E-state index >= 15 is 0 Å². The summed E-state index contributed by atoms with van der Waals surface area (Å²) in [5.74, 6) is -3.90. The standard InChI is InChI=1S/2C31H33N5O4.C4H4O4/c2*1-34-15-17-36(18-16-34)20-27(37)35(2)24-12-10-23(11-13-24)32-29(21-7-5-4-6-8-21)28-25-14-9-22(31(39)40-3)19-26(25)33-30(28)38;5-3(6)1-2-4(7)8/h2*4-14,19,32H,15-18,20H2,1-3H3,(H,33,38);1-2H,(H,5,6)(H,7,8)/b2*29-28-;2-1+. The van der Waals surface area contributed by atoms with Crippen LogP contribution in [0.25, 0.3) is 22.5 Å². The van der Waals surface area contributed by atoms with E-state index in [1.165, 1.54) is 14.2 Å². The number of aliphatic carboxylic acids is 2. The number of carboxylic acids is 2. The minimum Gasteiger partial charge on any atom is -0.478 e. The van der Waals surface area contributed by atoms with E-state index in [4.69, 9.17) is 19.7 Å². The maximum atomic E-state index is 13.2. The average Bonchev–Trinajstić information content (AvgIpc) is 1.99. The van der Waals surface area contributed by atoms with E-state index in [0.717, 1.165) is 86.2 Å². The van der Waals surface area contributed by atoms with Gasteiger partial charge < -0.3 is 60.6 Å². The van der Waals surface area contributed by atoms with Crippen LogP contribution >= 0.6 is 0 Å². The third-order valence-corrected chi connectivity index (χ3v) is 15.1. The Morgan fingerprint density at radius 2 is 0.830 bits per heavy atom. The molecule has 4 aliphatic rings. The molecule has 0 aliphatic carbocycles.